The third-order valence-electron chi connectivity index (χ3n) is 2.68. The van der Waals surface area contributed by atoms with E-state index in [2.05, 4.69) is 17.6 Å². The molecule has 76 valence electrons. The Morgan fingerprint density at radius 3 is 2.54 bits per heavy atom. The van der Waals surface area contributed by atoms with Crippen LogP contribution in [0.4, 0.5) is 0 Å². The molecule has 0 spiro atoms. The Kier molecular flexibility index (Phi) is 3.72. The summed E-state index contributed by atoms with van der Waals surface area (Å²) in [5.41, 5.74) is 0.0759. The van der Waals surface area contributed by atoms with Gasteiger partial charge in [0.15, 0.2) is 0 Å². The lowest BCUT2D eigenvalue weighted by Gasteiger charge is -2.25. The summed E-state index contributed by atoms with van der Waals surface area (Å²) in [6.45, 7) is 5.45. The van der Waals surface area contributed by atoms with E-state index in [4.69, 9.17) is 0 Å². The highest BCUT2D eigenvalue weighted by molar-refractivity contribution is 5.78. The number of amides is 1. The molecule has 0 saturated heterocycles. The van der Waals surface area contributed by atoms with Gasteiger partial charge < -0.3 is 10.6 Å². The van der Waals surface area contributed by atoms with Crippen LogP contribution in [0.25, 0.3) is 0 Å². The lowest BCUT2D eigenvalue weighted by atomic mass is 10.0. The molecule has 3 nitrogen and oxygen atoms in total. The predicted molar refractivity (Wildman–Crippen MR) is 53.6 cm³/mol. The molecule has 1 aliphatic rings. The summed E-state index contributed by atoms with van der Waals surface area (Å²) in [5, 5.41) is 6.12. The maximum absolute atomic E-state index is 11.4. The minimum Gasteiger partial charge on any atom is -0.350 e. The second kappa shape index (κ2) is 4.61. The number of carbonyl (C=O) groups excluding carboxylic acids is 1. The highest BCUT2D eigenvalue weighted by atomic mass is 16.2. The molecular formula is C10H20N2O. The zero-order chi connectivity index (χ0) is 9.73. The van der Waals surface area contributed by atoms with Gasteiger partial charge in [0.1, 0.15) is 0 Å². The molecule has 3 heteroatoms. The third-order valence-corrected chi connectivity index (χ3v) is 2.68. The first-order valence-corrected chi connectivity index (χ1v) is 5.18. The molecule has 0 bridgehead atoms. The van der Waals surface area contributed by atoms with Crippen molar-refractivity contribution in [2.45, 2.75) is 45.1 Å². The summed E-state index contributed by atoms with van der Waals surface area (Å²) in [4.78, 5) is 11.4. The van der Waals surface area contributed by atoms with E-state index in [0.717, 1.165) is 19.4 Å². The number of hydrogen-bond donors (Lipinski definition) is 2. The van der Waals surface area contributed by atoms with Gasteiger partial charge in [-0.05, 0) is 26.3 Å². The van der Waals surface area contributed by atoms with Crippen molar-refractivity contribution in [3.8, 4) is 0 Å². The zero-order valence-electron chi connectivity index (χ0n) is 8.65. The predicted octanol–water partition coefficient (Wildman–Crippen LogP) is 1.04. The highest BCUT2D eigenvalue weighted by Crippen LogP contribution is 2.28. The van der Waals surface area contributed by atoms with Crippen molar-refractivity contribution in [3.63, 3.8) is 0 Å². The molecule has 0 unspecified atom stereocenters. The quantitative estimate of drug-likeness (QED) is 0.685. The Labute approximate surface area is 80.3 Å². The lowest BCUT2D eigenvalue weighted by molar-refractivity contribution is -0.121. The fourth-order valence-corrected chi connectivity index (χ4v) is 1.90. The molecule has 13 heavy (non-hydrogen) atoms. The summed E-state index contributed by atoms with van der Waals surface area (Å²) in [6, 6.07) is 0. The van der Waals surface area contributed by atoms with E-state index >= 15 is 0 Å². The molecular weight excluding hydrogens is 164 g/mol. The van der Waals surface area contributed by atoms with Crippen molar-refractivity contribution in [3.05, 3.63) is 0 Å². The van der Waals surface area contributed by atoms with Crippen LogP contribution in [0.15, 0.2) is 0 Å². The third kappa shape index (κ3) is 3.35. The van der Waals surface area contributed by atoms with Gasteiger partial charge in [0, 0.05) is 5.54 Å². The van der Waals surface area contributed by atoms with E-state index in [-0.39, 0.29) is 11.4 Å². The van der Waals surface area contributed by atoms with E-state index in [9.17, 15) is 4.79 Å². The van der Waals surface area contributed by atoms with Crippen molar-refractivity contribution in [1.29, 1.82) is 0 Å². The Morgan fingerprint density at radius 2 is 2.00 bits per heavy atom. The average Bonchev–Trinajstić information content (AvgIpc) is 2.48. The fourth-order valence-electron chi connectivity index (χ4n) is 1.90. The van der Waals surface area contributed by atoms with Gasteiger partial charge in [-0.2, -0.15) is 0 Å². The highest BCUT2D eigenvalue weighted by Gasteiger charge is 2.29. The van der Waals surface area contributed by atoms with Crippen LogP contribution in [-0.4, -0.2) is 24.5 Å². The van der Waals surface area contributed by atoms with Crippen molar-refractivity contribution >= 4 is 5.91 Å². The summed E-state index contributed by atoms with van der Waals surface area (Å²) >= 11 is 0. The number of carbonyl (C=O) groups is 1. The maximum Gasteiger partial charge on any atom is 0.234 e. The summed E-state index contributed by atoms with van der Waals surface area (Å²) in [5.74, 6) is 0.131. The van der Waals surface area contributed by atoms with Crippen molar-refractivity contribution in [2.24, 2.45) is 0 Å². The summed E-state index contributed by atoms with van der Waals surface area (Å²) < 4.78 is 0. The SMILES string of the molecule is CCNCC(=O)NC1(C)CCCC1. The average molecular weight is 184 g/mol. The van der Waals surface area contributed by atoms with Crippen LogP contribution in [0.2, 0.25) is 0 Å². The van der Waals surface area contributed by atoms with Crippen LogP contribution in [0, 0.1) is 0 Å². The molecule has 1 aliphatic carbocycles. The number of hydrogen-bond acceptors (Lipinski definition) is 2. The van der Waals surface area contributed by atoms with Crippen LogP contribution in [-0.2, 0) is 4.79 Å². The van der Waals surface area contributed by atoms with E-state index < -0.39 is 0 Å². The van der Waals surface area contributed by atoms with Gasteiger partial charge in [0.05, 0.1) is 6.54 Å². The van der Waals surface area contributed by atoms with Crippen molar-refractivity contribution < 1.29 is 4.79 Å². The molecule has 0 radical (unpaired) electrons. The van der Waals surface area contributed by atoms with Crippen LogP contribution in [0.5, 0.6) is 0 Å². The zero-order valence-corrected chi connectivity index (χ0v) is 8.65. The summed E-state index contributed by atoms with van der Waals surface area (Å²) in [7, 11) is 0. The number of likely N-dealkylation sites (N-methyl/N-ethyl adjacent to an activating group) is 1. The van der Waals surface area contributed by atoms with Crippen LogP contribution in [0.1, 0.15) is 39.5 Å². The van der Waals surface area contributed by atoms with E-state index in [0.29, 0.717) is 6.54 Å². The Hall–Kier alpha value is -0.570. The van der Waals surface area contributed by atoms with Gasteiger partial charge in [-0.15, -0.1) is 0 Å². The Morgan fingerprint density at radius 1 is 1.38 bits per heavy atom. The fraction of sp³-hybridized carbons (Fsp3) is 0.900. The molecule has 0 aliphatic heterocycles. The smallest absolute Gasteiger partial charge is 0.234 e. The van der Waals surface area contributed by atoms with Gasteiger partial charge in [-0.25, -0.2) is 0 Å². The van der Waals surface area contributed by atoms with E-state index in [1.54, 1.807) is 0 Å². The minimum absolute atomic E-state index is 0.0759. The standard InChI is InChI=1S/C10H20N2O/c1-3-11-8-9(13)12-10(2)6-4-5-7-10/h11H,3-8H2,1-2H3,(H,12,13). The van der Waals surface area contributed by atoms with Gasteiger partial charge >= 0.3 is 0 Å². The second-order valence-corrected chi connectivity index (χ2v) is 4.10. The first kappa shape index (κ1) is 10.5. The van der Waals surface area contributed by atoms with Crippen LogP contribution in [0.3, 0.4) is 0 Å². The molecule has 0 atom stereocenters. The lowest BCUT2D eigenvalue weighted by Crippen LogP contribution is -2.47. The summed E-state index contributed by atoms with van der Waals surface area (Å²) in [6.07, 6.45) is 4.76. The van der Waals surface area contributed by atoms with Gasteiger partial charge in [0.2, 0.25) is 5.91 Å². The van der Waals surface area contributed by atoms with Crippen molar-refractivity contribution in [2.75, 3.05) is 13.1 Å². The number of rotatable bonds is 4. The topological polar surface area (TPSA) is 41.1 Å². The molecule has 2 N–H and O–H groups in total. The largest absolute Gasteiger partial charge is 0.350 e. The maximum atomic E-state index is 11.4. The molecule has 0 heterocycles. The van der Waals surface area contributed by atoms with Gasteiger partial charge in [0.25, 0.3) is 0 Å². The van der Waals surface area contributed by atoms with Gasteiger partial charge in [-0.1, -0.05) is 19.8 Å². The van der Waals surface area contributed by atoms with Crippen LogP contribution < -0.4 is 10.6 Å². The molecule has 1 amide bonds. The van der Waals surface area contributed by atoms with E-state index in [1.165, 1.54) is 12.8 Å². The van der Waals surface area contributed by atoms with E-state index in [1.807, 2.05) is 6.92 Å². The van der Waals surface area contributed by atoms with Gasteiger partial charge in [-0.3, -0.25) is 4.79 Å². The first-order valence-electron chi connectivity index (χ1n) is 5.18. The minimum atomic E-state index is 0.0759. The number of nitrogens with one attached hydrogen (secondary N) is 2. The van der Waals surface area contributed by atoms with Crippen LogP contribution >= 0.6 is 0 Å². The molecule has 0 aromatic heterocycles. The second-order valence-electron chi connectivity index (χ2n) is 4.10. The van der Waals surface area contributed by atoms with Crippen molar-refractivity contribution in [1.82, 2.24) is 10.6 Å². The molecule has 0 aromatic rings. The molecule has 1 saturated carbocycles. The molecule has 1 rings (SSSR count). The molecule has 1 fully saturated rings. The molecule has 0 aromatic carbocycles. The normalized spacial score (nSPS) is 20.2. The monoisotopic (exact) mass is 184 g/mol. The Balaban J connectivity index is 2.26. The Bertz CT molecular complexity index is 174. The first-order chi connectivity index (χ1) is 6.16.